The molecule has 0 bridgehead atoms. The van der Waals surface area contributed by atoms with Gasteiger partial charge in [0.2, 0.25) is 0 Å². The fourth-order valence-electron chi connectivity index (χ4n) is 0.884. The van der Waals surface area contributed by atoms with Gasteiger partial charge in [-0.05, 0) is 12.1 Å². The van der Waals surface area contributed by atoms with Gasteiger partial charge in [0, 0.05) is 6.20 Å². The quantitative estimate of drug-likeness (QED) is 0.456. The molecule has 5 heteroatoms. The fourth-order valence-corrected chi connectivity index (χ4v) is 1.01. The van der Waals surface area contributed by atoms with Crippen molar-refractivity contribution in [2.45, 2.75) is 0 Å². The van der Waals surface area contributed by atoms with E-state index >= 15 is 0 Å². The van der Waals surface area contributed by atoms with E-state index in [2.05, 4.69) is 15.0 Å². The molecule has 1 rings (SSSR count). The van der Waals surface area contributed by atoms with Crippen molar-refractivity contribution in [1.82, 2.24) is 4.98 Å². The van der Waals surface area contributed by atoms with E-state index in [0.717, 1.165) is 0 Å². The molecule has 0 amide bonds. The first-order valence-electron chi connectivity index (χ1n) is 3.62. The summed E-state index contributed by atoms with van der Waals surface area (Å²) >= 11 is 5.45. The third kappa shape index (κ3) is 2.32. The number of halogens is 1. The summed E-state index contributed by atoms with van der Waals surface area (Å²) in [5, 5.41) is 2.74. The Morgan fingerprint density at radius 2 is 2.54 bits per heavy atom. The highest BCUT2D eigenvalue weighted by Gasteiger charge is 2.10. The van der Waals surface area contributed by atoms with Gasteiger partial charge in [-0.1, -0.05) is 0 Å². The number of nitrogens with one attached hydrogen (secondary N) is 1. The van der Waals surface area contributed by atoms with Crippen molar-refractivity contribution in [3.05, 3.63) is 23.9 Å². The lowest BCUT2D eigenvalue weighted by Crippen LogP contribution is -2.08. The molecule has 1 aromatic heterocycles. The second-order valence-electron chi connectivity index (χ2n) is 2.20. The molecule has 0 aliphatic carbocycles. The van der Waals surface area contributed by atoms with Crippen LogP contribution in [0.25, 0.3) is 0 Å². The minimum Gasteiger partial charge on any atom is -0.465 e. The first-order valence-corrected chi connectivity index (χ1v) is 4.16. The number of aromatic nitrogens is 1. The first kappa shape index (κ1) is 9.80. The highest BCUT2D eigenvalue weighted by atomic mass is 35.5. The molecule has 13 heavy (non-hydrogen) atoms. The summed E-state index contributed by atoms with van der Waals surface area (Å²) in [5.74, 6) is 0.00469. The van der Waals surface area contributed by atoms with E-state index in [4.69, 9.17) is 11.6 Å². The Labute approximate surface area is 80.9 Å². The van der Waals surface area contributed by atoms with Gasteiger partial charge in [0.1, 0.15) is 11.4 Å². The van der Waals surface area contributed by atoms with Crippen molar-refractivity contribution < 1.29 is 9.53 Å². The zero-order valence-corrected chi connectivity index (χ0v) is 7.84. The normalized spacial score (nSPS) is 9.38. The number of hydrogen-bond acceptors (Lipinski definition) is 4. The van der Waals surface area contributed by atoms with Gasteiger partial charge in [0.15, 0.2) is 0 Å². The molecule has 1 N–H and O–H groups in total. The number of carbonyl (C=O) groups excluding carboxylic acids is 1. The number of carbonyl (C=O) groups is 1. The molecule has 0 aromatic carbocycles. The second-order valence-corrected chi connectivity index (χ2v) is 2.47. The summed E-state index contributed by atoms with van der Waals surface area (Å²) < 4.78 is 4.56. The molecular formula is C8H9ClN2O2. The van der Waals surface area contributed by atoms with E-state index in [9.17, 15) is 4.79 Å². The molecule has 70 valence electrons. The molecule has 0 aliphatic rings. The Kier molecular flexibility index (Phi) is 3.52. The largest absolute Gasteiger partial charge is 0.465 e. The molecule has 0 spiro atoms. The first-order chi connectivity index (χ1) is 6.29. The topological polar surface area (TPSA) is 51.2 Å². The van der Waals surface area contributed by atoms with Gasteiger partial charge in [-0.25, -0.2) is 9.78 Å². The van der Waals surface area contributed by atoms with Crippen molar-refractivity contribution >= 4 is 23.4 Å². The predicted octanol–water partition coefficient (Wildman–Crippen LogP) is 1.48. The summed E-state index contributed by atoms with van der Waals surface area (Å²) in [6.07, 6.45) is 1.57. The number of pyridine rings is 1. The number of ether oxygens (including phenoxy) is 1. The number of anilines is 1. The molecular weight excluding hydrogens is 192 g/mol. The third-order valence-electron chi connectivity index (χ3n) is 1.45. The SMILES string of the molecule is COC(=O)c1cccnc1NCCl. The van der Waals surface area contributed by atoms with Crippen LogP contribution in [0.3, 0.4) is 0 Å². The van der Waals surface area contributed by atoms with Crippen LogP contribution in [-0.2, 0) is 4.74 Å². The zero-order chi connectivity index (χ0) is 9.68. The molecule has 0 fully saturated rings. The number of methoxy groups -OCH3 is 1. The monoisotopic (exact) mass is 200 g/mol. The van der Waals surface area contributed by atoms with Gasteiger partial charge >= 0.3 is 5.97 Å². The summed E-state index contributed by atoms with van der Waals surface area (Å²) in [5.41, 5.74) is 0.380. The van der Waals surface area contributed by atoms with Gasteiger partial charge in [-0.2, -0.15) is 0 Å². The average Bonchev–Trinajstić information content (AvgIpc) is 2.18. The molecule has 1 aromatic rings. The van der Waals surface area contributed by atoms with Gasteiger partial charge in [-0.15, -0.1) is 11.6 Å². The summed E-state index contributed by atoms with van der Waals surface area (Å²) in [7, 11) is 1.32. The number of rotatable bonds is 3. The van der Waals surface area contributed by atoms with E-state index in [0.29, 0.717) is 11.4 Å². The van der Waals surface area contributed by atoms with Gasteiger partial charge in [0.25, 0.3) is 0 Å². The number of esters is 1. The highest BCUT2D eigenvalue weighted by molar-refractivity contribution is 6.18. The third-order valence-corrected chi connectivity index (χ3v) is 1.58. The zero-order valence-electron chi connectivity index (χ0n) is 7.08. The average molecular weight is 201 g/mol. The number of hydrogen-bond donors (Lipinski definition) is 1. The molecule has 0 saturated heterocycles. The lowest BCUT2D eigenvalue weighted by atomic mass is 10.2. The Morgan fingerprint density at radius 1 is 1.77 bits per heavy atom. The van der Waals surface area contributed by atoms with E-state index < -0.39 is 5.97 Å². The van der Waals surface area contributed by atoms with Crippen LogP contribution in [0.4, 0.5) is 5.82 Å². The molecule has 4 nitrogen and oxygen atoms in total. The van der Waals surface area contributed by atoms with Crippen LogP contribution in [-0.4, -0.2) is 24.1 Å². The molecule has 0 unspecified atom stereocenters. The maximum atomic E-state index is 11.2. The maximum Gasteiger partial charge on any atom is 0.341 e. The van der Waals surface area contributed by atoms with Gasteiger partial charge < -0.3 is 10.1 Å². The van der Waals surface area contributed by atoms with Crippen molar-refractivity contribution in [2.75, 3.05) is 18.4 Å². The van der Waals surface area contributed by atoms with E-state index in [1.54, 1.807) is 18.3 Å². The van der Waals surface area contributed by atoms with Crippen LogP contribution in [0, 0.1) is 0 Å². The van der Waals surface area contributed by atoms with Crippen molar-refractivity contribution in [1.29, 1.82) is 0 Å². The van der Waals surface area contributed by atoms with Crippen molar-refractivity contribution in [3.63, 3.8) is 0 Å². The van der Waals surface area contributed by atoms with E-state index in [1.807, 2.05) is 0 Å². The minimum absolute atomic E-state index is 0.195. The highest BCUT2D eigenvalue weighted by Crippen LogP contribution is 2.12. The standard InChI is InChI=1S/C8H9ClN2O2/c1-13-8(12)6-3-2-4-10-7(6)11-5-9/h2-4H,5H2,1H3,(H,10,11). The lowest BCUT2D eigenvalue weighted by Gasteiger charge is -2.05. The second kappa shape index (κ2) is 4.67. The van der Waals surface area contributed by atoms with E-state index in [-0.39, 0.29) is 6.00 Å². The Morgan fingerprint density at radius 3 is 3.15 bits per heavy atom. The van der Waals surface area contributed by atoms with Gasteiger partial charge in [-0.3, -0.25) is 0 Å². The van der Waals surface area contributed by atoms with Gasteiger partial charge in [0.05, 0.1) is 13.1 Å². The van der Waals surface area contributed by atoms with Crippen molar-refractivity contribution in [2.24, 2.45) is 0 Å². The van der Waals surface area contributed by atoms with Crippen LogP contribution in [0.1, 0.15) is 10.4 Å². The molecule has 1 heterocycles. The predicted molar refractivity (Wildman–Crippen MR) is 49.9 cm³/mol. The lowest BCUT2D eigenvalue weighted by molar-refractivity contribution is 0.0601. The van der Waals surface area contributed by atoms with Crippen LogP contribution in [0.2, 0.25) is 0 Å². The molecule has 0 saturated carbocycles. The van der Waals surface area contributed by atoms with Crippen LogP contribution >= 0.6 is 11.6 Å². The summed E-state index contributed by atoms with van der Waals surface area (Å²) in [4.78, 5) is 15.1. The number of nitrogens with zero attached hydrogens (tertiary/aromatic N) is 1. The van der Waals surface area contributed by atoms with Crippen molar-refractivity contribution in [3.8, 4) is 0 Å². The fraction of sp³-hybridized carbons (Fsp3) is 0.250. The smallest absolute Gasteiger partial charge is 0.341 e. The molecule has 0 atom stereocenters. The Bertz CT molecular complexity index is 304. The number of alkyl halides is 1. The van der Waals surface area contributed by atoms with Crippen LogP contribution < -0.4 is 5.32 Å². The Balaban J connectivity index is 2.97. The minimum atomic E-state index is -0.430. The molecule has 0 radical (unpaired) electrons. The molecule has 0 aliphatic heterocycles. The van der Waals surface area contributed by atoms with Crippen LogP contribution in [0.5, 0.6) is 0 Å². The maximum absolute atomic E-state index is 11.2. The van der Waals surface area contributed by atoms with E-state index in [1.165, 1.54) is 7.11 Å². The Hall–Kier alpha value is -1.29. The summed E-state index contributed by atoms with van der Waals surface area (Å²) in [6.45, 7) is 0. The summed E-state index contributed by atoms with van der Waals surface area (Å²) in [6, 6.07) is 3.47. The van der Waals surface area contributed by atoms with Crippen LogP contribution in [0.15, 0.2) is 18.3 Å².